The molecule has 9 unspecified atom stereocenters. The predicted octanol–water partition coefficient (Wildman–Crippen LogP) is -1.66. The summed E-state index contributed by atoms with van der Waals surface area (Å²) in [5.74, 6) is -3.55. The number of nitrogens with zero attached hydrogens (tertiary/aromatic N) is 1. The minimum Gasteiger partial charge on any atom is -0.477 e. The summed E-state index contributed by atoms with van der Waals surface area (Å²) in [5, 5.41) is 63.2. The Labute approximate surface area is 308 Å². The van der Waals surface area contributed by atoms with Gasteiger partial charge in [0.25, 0.3) is 0 Å². The van der Waals surface area contributed by atoms with E-state index >= 15 is 0 Å². The Hall–Kier alpha value is -3.65. The number of nitrogens with two attached hydrogens (primary N) is 1. The van der Waals surface area contributed by atoms with E-state index in [9.17, 15) is 35.1 Å². The van der Waals surface area contributed by atoms with E-state index in [2.05, 4.69) is 16.9 Å². The minimum atomic E-state index is -1.48. The molecule has 2 fully saturated rings. The van der Waals surface area contributed by atoms with Crippen LogP contribution >= 0.6 is 0 Å². The highest BCUT2D eigenvalue weighted by Crippen LogP contribution is 2.38. The van der Waals surface area contributed by atoms with E-state index in [1.807, 2.05) is 0 Å². The van der Waals surface area contributed by atoms with Crippen molar-refractivity contribution in [3.63, 3.8) is 0 Å². The van der Waals surface area contributed by atoms with E-state index in [0.29, 0.717) is 16.9 Å². The minimum absolute atomic E-state index is 0.0690. The van der Waals surface area contributed by atoms with Crippen molar-refractivity contribution in [2.45, 2.75) is 95.2 Å². The van der Waals surface area contributed by atoms with Crippen molar-refractivity contribution in [3.05, 3.63) is 59.7 Å². The summed E-state index contributed by atoms with van der Waals surface area (Å²) < 4.78 is 29.8. The molecule has 0 aromatic heterocycles. The van der Waals surface area contributed by atoms with Crippen LogP contribution in [-0.2, 0) is 33.3 Å². The molecule has 0 bridgehead atoms. The molecular formula is C36H55N4O13+. The van der Waals surface area contributed by atoms with Gasteiger partial charge in [-0.25, -0.2) is 9.59 Å². The average Bonchev–Trinajstić information content (AvgIpc) is 3.64. The van der Waals surface area contributed by atoms with Crippen molar-refractivity contribution >= 4 is 17.9 Å². The molecule has 1 saturated heterocycles. The van der Waals surface area contributed by atoms with Gasteiger partial charge < -0.3 is 70.3 Å². The molecule has 0 aromatic rings. The van der Waals surface area contributed by atoms with E-state index in [1.165, 1.54) is 18.5 Å². The number of carboxylic acid groups (broad SMARTS) is 1. The molecule has 0 spiro atoms. The normalized spacial score (nSPS) is 31.3. The first kappa shape index (κ1) is 42.1. The van der Waals surface area contributed by atoms with Gasteiger partial charge in [-0.1, -0.05) is 18.2 Å². The third-order valence-electron chi connectivity index (χ3n) is 9.40. The molecule has 1 saturated carbocycles. The van der Waals surface area contributed by atoms with Crippen molar-refractivity contribution in [1.29, 1.82) is 0 Å². The van der Waals surface area contributed by atoms with Crippen LogP contribution < -0.4 is 16.0 Å². The lowest BCUT2D eigenvalue weighted by atomic mass is 9.83. The number of carboxylic acids is 1. The van der Waals surface area contributed by atoms with Gasteiger partial charge in [-0.05, 0) is 46.0 Å². The second kappa shape index (κ2) is 20.1. The molecule has 4 rings (SSSR count). The first-order valence-electron chi connectivity index (χ1n) is 18.0. The summed E-state index contributed by atoms with van der Waals surface area (Å²) in [6.07, 6.45) is 2.74. The molecule has 1 aliphatic carbocycles. The molecule has 17 heteroatoms. The lowest BCUT2D eigenvalue weighted by molar-refractivity contribution is -0.843. The number of nitrogens with one attached hydrogen (secondary N) is 2. The SMILES string of the molecule is C=CC1C(OC2OC(CO)C(O)C(O)C2OC(C)C)OC=C(C(=O)OC2CCCC2)C1C=CC1=C(NC(N)=NCCCO)C(C(=O)O)=C[NH+](CCO)C1. The van der Waals surface area contributed by atoms with Crippen LogP contribution in [0.4, 0.5) is 0 Å². The predicted molar refractivity (Wildman–Crippen MR) is 188 cm³/mol. The molecule has 9 atom stereocenters. The quantitative estimate of drug-likeness (QED) is 0.0265. The highest BCUT2D eigenvalue weighted by molar-refractivity contribution is 5.94. The third-order valence-corrected chi connectivity index (χ3v) is 9.40. The highest BCUT2D eigenvalue weighted by Gasteiger charge is 2.49. The second-order valence-corrected chi connectivity index (χ2v) is 13.6. The monoisotopic (exact) mass is 751 g/mol. The van der Waals surface area contributed by atoms with Gasteiger partial charge in [0.15, 0.2) is 12.2 Å². The van der Waals surface area contributed by atoms with Crippen LogP contribution in [0.1, 0.15) is 46.0 Å². The summed E-state index contributed by atoms with van der Waals surface area (Å²) >= 11 is 0. The van der Waals surface area contributed by atoms with E-state index in [4.69, 9.17) is 34.5 Å². The fourth-order valence-corrected chi connectivity index (χ4v) is 6.72. The molecule has 0 amide bonds. The van der Waals surface area contributed by atoms with Crippen molar-refractivity contribution in [3.8, 4) is 0 Å². The van der Waals surface area contributed by atoms with E-state index in [-0.39, 0.29) is 61.8 Å². The van der Waals surface area contributed by atoms with Crippen LogP contribution in [-0.4, -0.2) is 137 Å². The number of guanidine groups is 1. The van der Waals surface area contributed by atoms with Gasteiger partial charge in [-0.3, -0.25) is 4.99 Å². The zero-order valence-corrected chi connectivity index (χ0v) is 30.2. The number of quaternary nitrogens is 1. The van der Waals surface area contributed by atoms with Crippen LogP contribution in [0, 0.1) is 11.8 Å². The Morgan fingerprint density at radius 3 is 2.51 bits per heavy atom. The third kappa shape index (κ3) is 11.0. The summed E-state index contributed by atoms with van der Waals surface area (Å²) in [5.41, 5.74) is 6.76. The van der Waals surface area contributed by atoms with Gasteiger partial charge in [0, 0.05) is 24.6 Å². The van der Waals surface area contributed by atoms with Crippen LogP contribution in [0.25, 0.3) is 0 Å². The molecule has 10 N–H and O–H groups in total. The number of aliphatic carboxylic acids is 1. The fraction of sp³-hybridized carbons (Fsp3) is 0.639. The van der Waals surface area contributed by atoms with E-state index in [1.54, 1.807) is 26.0 Å². The number of hydrogen-bond acceptors (Lipinski definition) is 13. The number of esters is 1. The Kier molecular flexibility index (Phi) is 16.0. The maximum absolute atomic E-state index is 13.7. The topological polar surface area (TPSA) is 257 Å². The number of aliphatic hydroxyl groups is 5. The van der Waals surface area contributed by atoms with Gasteiger partial charge in [0.2, 0.25) is 6.29 Å². The van der Waals surface area contributed by atoms with E-state index < -0.39 is 73.5 Å². The zero-order chi connectivity index (χ0) is 38.7. The number of ether oxygens (including phenoxy) is 5. The first-order chi connectivity index (χ1) is 25.4. The summed E-state index contributed by atoms with van der Waals surface area (Å²) in [6.45, 7) is 7.15. The van der Waals surface area contributed by atoms with Gasteiger partial charge in [-0.15, -0.1) is 6.58 Å². The van der Waals surface area contributed by atoms with Crippen LogP contribution in [0.15, 0.2) is 64.7 Å². The average molecular weight is 752 g/mol. The lowest BCUT2D eigenvalue weighted by Gasteiger charge is -2.44. The number of rotatable bonds is 17. The highest BCUT2D eigenvalue weighted by atomic mass is 16.8. The number of hydrogen-bond donors (Lipinski definition) is 9. The van der Waals surface area contributed by atoms with Gasteiger partial charge >= 0.3 is 11.9 Å². The molecule has 4 aliphatic rings. The van der Waals surface area contributed by atoms with Gasteiger partial charge in [0.05, 0.1) is 42.8 Å². The largest absolute Gasteiger partial charge is 0.477 e. The number of carbonyl (C=O) groups is 2. The molecule has 0 radical (unpaired) electrons. The molecule has 296 valence electrons. The molecular weight excluding hydrogens is 696 g/mol. The van der Waals surface area contributed by atoms with Gasteiger partial charge in [0.1, 0.15) is 55.4 Å². The second-order valence-electron chi connectivity index (χ2n) is 13.6. The summed E-state index contributed by atoms with van der Waals surface area (Å²) in [4.78, 5) is 31.0. The standard InChI is InChI=1S/C36H54N4O13/c1-4-23-24(11-10-21-16-40(13-15-42)17-25(32(46)47)28(21)39-36(37)38-12-7-14-41)26(33(48)51-22-8-5-6-9-22)19-49-34(23)53-35-31(50-20(2)3)30(45)29(44)27(18-43)52-35/h4,10-11,17,19-20,22-24,27,29-31,34-35,41-45H,1,5-9,12-16,18H2,2-3H3,(H,46,47)(H3,37,38,39)/p+1. The van der Waals surface area contributed by atoms with Crippen molar-refractivity contribution in [2.75, 3.05) is 39.5 Å². The number of aliphatic hydroxyl groups excluding tert-OH is 5. The maximum Gasteiger partial charge on any atom is 0.343 e. The Morgan fingerprint density at radius 1 is 1.15 bits per heavy atom. The molecule has 17 nitrogen and oxygen atoms in total. The molecule has 3 aliphatic heterocycles. The van der Waals surface area contributed by atoms with Crippen LogP contribution in [0.3, 0.4) is 0 Å². The summed E-state index contributed by atoms with van der Waals surface area (Å²) in [7, 11) is 0. The van der Waals surface area contributed by atoms with Crippen LogP contribution in [0.5, 0.6) is 0 Å². The Balaban J connectivity index is 1.75. The van der Waals surface area contributed by atoms with Crippen LogP contribution in [0.2, 0.25) is 0 Å². The lowest BCUT2D eigenvalue weighted by Crippen LogP contribution is -3.09. The number of aliphatic imine (C=N–C) groups is 1. The Bertz CT molecular complexity index is 1420. The fourth-order valence-electron chi connectivity index (χ4n) is 6.72. The van der Waals surface area contributed by atoms with Crippen molar-refractivity contribution in [1.82, 2.24) is 5.32 Å². The van der Waals surface area contributed by atoms with E-state index in [0.717, 1.165) is 25.7 Å². The zero-order valence-electron chi connectivity index (χ0n) is 30.2. The first-order valence-corrected chi connectivity index (χ1v) is 18.0. The number of carbonyl (C=O) groups excluding carboxylic acids is 1. The Morgan fingerprint density at radius 2 is 1.89 bits per heavy atom. The van der Waals surface area contributed by atoms with Crippen molar-refractivity contribution < 1.29 is 68.8 Å². The number of allylic oxidation sites excluding steroid dienone is 1. The summed E-state index contributed by atoms with van der Waals surface area (Å²) in [6, 6.07) is 0. The molecule has 3 heterocycles. The smallest absolute Gasteiger partial charge is 0.343 e. The molecule has 0 aromatic carbocycles. The van der Waals surface area contributed by atoms with Crippen molar-refractivity contribution in [2.24, 2.45) is 22.6 Å². The maximum atomic E-state index is 13.7. The van der Waals surface area contributed by atoms with Gasteiger partial charge in [-0.2, -0.15) is 0 Å². The molecule has 53 heavy (non-hydrogen) atoms.